The van der Waals surface area contributed by atoms with Gasteiger partial charge in [0.1, 0.15) is 18.4 Å². The maximum Gasteiger partial charge on any atom is 0.417 e. The molecule has 1 aliphatic rings. The van der Waals surface area contributed by atoms with Gasteiger partial charge < -0.3 is 9.47 Å². The Morgan fingerprint density at radius 3 is 2.75 bits per heavy atom. The van der Waals surface area contributed by atoms with E-state index in [9.17, 15) is 9.59 Å². The fourth-order valence-corrected chi connectivity index (χ4v) is 2.58. The van der Waals surface area contributed by atoms with Crippen LogP contribution < -0.4 is 4.74 Å². The lowest BCUT2D eigenvalue weighted by molar-refractivity contribution is -0.124. The molecule has 1 heterocycles. The van der Waals surface area contributed by atoms with Crippen molar-refractivity contribution in [2.45, 2.75) is 6.04 Å². The van der Waals surface area contributed by atoms with Crippen LogP contribution in [0, 0.1) is 0 Å². The molecule has 1 aliphatic heterocycles. The molecule has 1 fully saturated rings. The van der Waals surface area contributed by atoms with Gasteiger partial charge in [-0.15, -0.1) is 0 Å². The number of ether oxygens (including phenoxy) is 2. The summed E-state index contributed by atoms with van der Waals surface area (Å²) >= 11 is 0. The van der Waals surface area contributed by atoms with Crippen molar-refractivity contribution in [2.24, 2.45) is 0 Å². The summed E-state index contributed by atoms with van der Waals surface area (Å²) in [6.07, 6.45) is 2.40. The molecule has 0 spiro atoms. The van der Waals surface area contributed by atoms with E-state index in [0.717, 1.165) is 16.0 Å². The molecule has 1 atom stereocenters. The molecule has 0 N–H and O–H groups in total. The summed E-state index contributed by atoms with van der Waals surface area (Å²) in [5.41, 5.74) is 1.68. The molecule has 0 aromatic heterocycles. The Labute approximate surface area is 140 Å². The lowest BCUT2D eigenvalue weighted by Gasteiger charge is -2.18. The minimum Gasteiger partial charge on any atom is -0.497 e. The maximum absolute atomic E-state index is 12.5. The van der Waals surface area contributed by atoms with Crippen LogP contribution in [0.5, 0.6) is 5.75 Å². The number of hydrogen-bond donors (Lipinski definition) is 0. The summed E-state index contributed by atoms with van der Waals surface area (Å²) in [4.78, 5) is 25.6. The van der Waals surface area contributed by atoms with Crippen molar-refractivity contribution < 1.29 is 19.1 Å². The Kier molecular flexibility index (Phi) is 4.61. The van der Waals surface area contributed by atoms with Crippen molar-refractivity contribution in [3.63, 3.8) is 0 Å². The highest BCUT2D eigenvalue weighted by atomic mass is 16.6. The molecule has 2 aromatic rings. The lowest BCUT2D eigenvalue weighted by atomic mass is 10.1. The zero-order chi connectivity index (χ0) is 16.9. The molecule has 0 aliphatic carbocycles. The molecule has 0 saturated carbocycles. The smallest absolute Gasteiger partial charge is 0.417 e. The Bertz CT molecular complexity index is 770. The van der Waals surface area contributed by atoms with Gasteiger partial charge in [0, 0.05) is 6.08 Å². The van der Waals surface area contributed by atoms with Gasteiger partial charge in [-0.3, -0.25) is 4.79 Å². The molecule has 2 aromatic carbocycles. The number of benzene rings is 2. The minimum absolute atomic E-state index is 0.168. The second kappa shape index (κ2) is 7.00. The standard InChI is InChI=1S/C19H17NO4/c1-23-16-9-5-6-14(12-16)10-11-18(21)20-17(13-24-19(20)22)15-7-3-2-4-8-15/h2-12,17H,13H2,1H3/b11-10+. The Balaban J connectivity index is 1.79. The number of amides is 2. The molecule has 1 saturated heterocycles. The number of rotatable bonds is 4. The number of hydrogen-bond acceptors (Lipinski definition) is 4. The molecular weight excluding hydrogens is 306 g/mol. The van der Waals surface area contributed by atoms with Crippen LogP contribution >= 0.6 is 0 Å². The molecule has 1 unspecified atom stereocenters. The van der Waals surface area contributed by atoms with E-state index in [1.807, 2.05) is 48.5 Å². The largest absolute Gasteiger partial charge is 0.497 e. The molecule has 0 bridgehead atoms. The van der Waals surface area contributed by atoms with Crippen molar-refractivity contribution in [1.29, 1.82) is 0 Å². The summed E-state index contributed by atoms with van der Waals surface area (Å²) in [5.74, 6) is 0.293. The van der Waals surface area contributed by atoms with Crippen LogP contribution in [0.2, 0.25) is 0 Å². The third-order valence-corrected chi connectivity index (χ3v) is 3.81. The average Bonchev–Trinajstić information content (AvgIpc) is 3.02. The number of methoxy groups -OCH3 is 1. The van der Waals surface area contributed by atoms with Gasteiger partial charge in [0.2, 0.25) is 0 Å². The monoisotopic (exact) mass is 323 g/mol. The van der Waals surface area contributed by atoms with Crippen molar-refractivity contribution in [2.75, 3.05) is 13.7 Å². The molecule has 3 rings (SSSR count). The highest BCUT2D eigenvalue weighted by Gasteiger charge is 2.37. The second-order valence-corrected chi connectivity index (χ2v) is 5.32. The van der Waals surface area contributed by atoms with E-state index < -0.39 is 18.0 Å². The fraction of sp³-hybridized carbons (Fsp3) is 0.158. The molecule has 5 nitrogen and oxygen atoms in total. The van der Waals surface area contributed by atoms with E-state index in [2.05, 4.69) is 0 Å². The van der Waals surface area contributed by atoms with E-state index in [1.54, 1.807) is 19.3 Å². The van der Waals surface area contributed by atoms with Gasteiger partial charge in [0.15, 0.2) is 0 Å². The summed E-state index contributed by atoms with van der Waals surface area (Å²) in [6.45, 7) is 0.168. The summed E-state index contributed by atoms with van der Waals surface area (Å²) in [5, 5.41) is 0. The van der Waals surface area contributed by atoms with Crippen molar-refractivity contribution in [3.8, 4) is 5.75 Å². The van der Waals surface area contributed by atoms with Gasteiger partial charge in [-0.1, -0.05) is 42.5 Å². The van der Waals surface area contributed by atoms with Crippen molar-refractivity contribution in [1.82, 2.24) is 4.90 Å². The normalized spacial score (nSPS) is 17.1. The zero-order valence-electron chi connectivity index (χ0n) is 13.2. The highest BCUT2D eigenvalue weighted by Crippen LogP contribution is 2.28. The van der Waals surface area contributed by atoms with Gasteiger partial charge in [-0.05, 0) is 29.3 Å². The van der Waals surface area contributed by atoms with Crippen LogP contribution in [0.4, 0.5) is 4.79 Å². The van der Waals surface area contributed by atoms with Crippen molar-refractivity contribution in [3.05, 3.63) is 71.8 Å². The number of imide groups is 1. The molecule has 0 radical (unpaired) electrons. The van der Waals surface area contributed by atoms with Crippen LogP contribution in [0.25, 0.3) is 6.08 Å². The van der Waals surface area contributed by atoms with Gasteiger partial charge in [-0.25, -0.2) is 9.69 Å². The van der Waals surface area contributed by atoms with E-state index in [4.69, 9.17) is 9.47 Å². The molecule has 122 valence electrons. The van der Waals surface area contributed by atoms with E-state index in [1.165, 1.54) is 6.08 Å². The van der Waals surface area contributed by atoms with Gasteiger partial charge in [-0.2, -0.15) is 0 Å². The highest BCUT2D eigenvalue weighted by molar-refractivity contribution is 6.02. The first kappa shape index (κ1) is 15.8. The Morgan fingerprint density at radius 2 is 2.00 bits per heavy atom. The minimum atomic E-state index is -0.621. The number of carbonyl (C=O) groups is 2. The predicted octanol–water partition coefficient (Wildman–Crippen LogP) is 3.43. The van der Waals surface area contributed by atoms with Crippen molar-refractivity contribution >= 4 is 18.1 Å². The van der Waals surface area contributed by atoms with Gasteiger partial charge in [0.05, 0.1) is 7.11 Å². The summed E-state index contributed by atoms with van der Waals surface area (Å²) < 4.78 is 10.2. The van der Waals surface area contributed by atoms with Gasteiger partial charge >= 0.3 is 6.09 Å². The third kappa shape index (κ3) is 3.30. The topological polar surface area (TPSA) is 55.8 Å². The average molecular weight is 323 g/mol. The first-order valence-electron chi connectivity index (χ1n) is 7.56. The molecule has 2 amide bonds. The maximum atomic E-state index is 12.5. The quantitative estimate of drug-likeness (QED) is 0.809. The molecule has 5 heteroatoms. The van der Waals surface area contributed by atoms with E-state index in [-0.39, 0.29) is 6.61 Å². The predicted molar refractivity (Wildman–Crippen MR) is 89.4 cm³/mol. The number of carbonyl (C=O) groups excluding carboxylic acids is 2. The zero-order valence-corrected chi connectivity index (χ0v) is 13.2. The third-order valence-electron chi connectivity index (χ3n) is 3.81. The van der Waals surface area contributed by atoms with Crippen LogP contribution in [-0.4, -0.2) is 30.6 Å². The van der Waals surface area contributed by atoms with E-state index >= 15 is 0 Å². The summed E-state index contributed by atoms with van der Waals surface area (Å²) in [6, 6.07) is 16.3. The Hall–Kier alpha value is -3.08. The SMILES string of the molecule is COc1cccc(/C=C/C(=O)N2C(=O)OCC2c2ccccc2)c1. The van der Waals surface area contributed by atoms with Gasteiger partial charge in [0.25, 0.3) is 5.91 Å². The summed E-state index contributed by atoms with van der Waals surface area (Å²) in [7, 11) is 1.58. The van der Waals surface area contributed by atoms with Crippen LogP contribution in [0.1, 0.15) is 17.2 Å². The first-order chi connectivity index (χ1) is 11.7. The molecule has 24 heavy (non-hydrogen) atoms. The van der Waals surface area contributed by atoms with Crippen LogP contribution in [0.15, 0.2) is 60.7 Å². The van der Waals surface area contributed by atoms with E-state index in [0.29, 0.717) is 5.75 Å². The van der Waals surface area contributed by atoms with Crippen LogP contribution in [-0.2, 0) is 9.53 Å². The first-order valence-corrected chi connectivity index (χ1v) is 7.56. The molecular formula is C19H17NO4. The number of cyclic esters (lactones) is 1. The second-order valence-electron chi connectivity index (χ2n) is 5.32. The lowest BCUT2D eigenvalue weighted by Crippen LogP contribution is -2.32. The van der Waals surface area contributed by atoms with Crippen LogP contribution in [0.3, 0.4) is 0 Å². The number of nitrogens with zero attached hydrogens (tertiary/aromatic N) is 1. The Morgan fingerprint density at radius 1 is 1.21 bits per heavy atom. The fourth-order valence-electron chi connectivity index (χ4n) is 2.58.